The van der Waals surface area contributed by atoms with Crippen molar-refractivity contribution in [3.8, 4) is 0 Å². The first-order chi connectivity index (χ1) is 14.0. The number of nitrogens with one attached hydrogen (secondary N) is 3. The Morgan fingerprint density at radius 3 is 2.72 bits per heavy atom. The Bertz CT molecular complexity index is 1070. The highest BCUT2D eigenvalue weighted by Crippen LogP contribution is 2.26. The van der Waals surface area contributed by atoms with Crippen LogP contribution in [0.25, 0.3) is 10.1 Å². The van der Waals surface area contributed by atoms with E-state index < -0.39 is 6.04 Å². The number of hydrogen-bond acceptors (Lipinski definition) is 4. The van der Waals surface area contributed by atoms with Crippen molar-refractivity contribution >= 4 is 44.8 Å². The maximum atomic E-state index is 12.7. The zero-order valence-corrected chi connectivity index (χ0v) is 16.8. The van der Waals surface area contributed by atoms with Gasteiger partial charge in [0.05, 0.1) is 4.88 Å². The van der Waals surface area contributed by atoms with Crippen LogP contribution in [-0.4, -0.2) is 30.3 Å². The zero-order chi connectivity index (χ0) is 20.4. The first-order valence-corrected chi connectivity index (χ1v) is 10.3. The van der Waals surface area contributed by atoms with Gasteiger partial charge in [-0.25, -0.2) is 0 Å². The molecule has 0 radical (unpaired) electrons. The molecule has 3 aromatic rings. The second-order valence-electron chi connectivity index (χ2n) is 7.09. The van der Waals surface area contributed by atoms with Gasteiger partial charge in [0.15, 0.2) is 0 Å². The summed E-state index contributed by atoms with van der Waals surface area (Å²) in [4.78, 5) is 37.8. The highest BCUT2D eigenvalue weighted by Gasteiger charge is 2.24. The van der Waals surface area contributed by atoms with Crippen molar-refractivity contribution in [2.45, 2.75) is 25.8 Å². The normalized spacial score (nSPS) is 16.3. The lowest BCUT2D eigenvalue weighted by Gasteiger charge is -2.23. The number of aryl methyl sites for hydroxylation is 1. The van der Waals surface area contributed by atoms with Crippen LogP contribution in [0.2, 0.25) is 0 Å². The molecule has 1 aliphatic heterocycles. The fourth-order valence-corrected chi connectivity index (χ4v) is 4.28. The highest BCUT2D eigenvalue weighted by atomic mass is 32.1. The molecule has 3 amide bonds. The molecule has 0 spiro atoms. The van der Waals surface area contributed by atoms with E-state index in [1.165, 1.54) is 11.3 Å². The number of benzene rings is 2. The molecule has 0 saturated carbocycles. The van der Waals surface area contributed by atoms with E-state index in [2.05, 4.69) is 16.0 Å². The van der Waals surface area contributed by atoms with E-state index in [9.17, 15) is 14.4 Å². The van der Waals surface area contributed by atoms with Crippen LogP contribution in [-0.2, 0) is 4.79 Å². The molecule has 1 atom stereocenters. The van der Waals surface area contributed by atoms with Crippen LogP contribution in [0, 0.1) is 6.92 Å². The number of anilines is 1. The van der Waals surface area contributed by atoms with E-state index >= 15 is 0 Å². The summed E-state index contributed by atoms with van der Waals surface area (Å²) in [7, 11) is 0. The summed E-state index contributed by atoms with van der Waals surface area (Å²) in [5.41, 5.74) is 1.83. The average Bonchev–Trinajstić information content (AvgIpc) is 3.16. The van der Waals surface area contributed by atoms with Gasteiger partial charge in [-0.2, -0.15) is 0 Å². The van der Waals surface area contributed by atoms with E-state index in [0.717, 1.165) is 22.1 Å². The lowest BCUT2D eigenvalue weighted by Crippen LogP contribution is -2.50. The maximum absolute atomic E-state index is 12.7. The smallest absolute Gasteiger partial charge is 0.265 e. The Kier molecular flexibility index (Phi) is 5.31. The Labute approximate surface area is 172 Å². The van der Waals surface area contributed by atoms with Crippen LogP contribution >= 0.6 is 11.3 Å². The summed E-state index contributed by atoms with van der Waals surface area (Å²) >= 11 is 1.43. The Hall–Kier alpha value is -3.19. The molecule has 2 aromatic carbocycles. The Morgan fingerprint density at radius 1 is 1.10 bits per heavy atom. The molecule has 0 bridgehead atoms. The molecular weight excluding hydrogens is 386 g/mol. The number of amides is 3. The summed E-state index contributed by atoms with van der Waals surface area (Å²) < 4.78 is 1.05. The van der Waals surface area contributed by atoms with Crippen LogP contribution in [0.1, 0.15) is 38.4 Å². The molecule has 3 N–H and O–H groups in total. The monoisotopic (exact) mass is 407 g/mol. The standard InChI is InChI=1S/C22H21N3O3S/c1-13-8-9-15(20(26)24-16-6-4-10-23-21(16)27)11-17(13)25-22(28)19-12-14-5-2-3-7-18(14)29-19/h2-3,5,7-9,11-12,16H,4,6,10H2,1H3,(H,23,27)(H,24,26)(H,25,28). The van der Waals surface area contributed by atoms with Crippen molar-refractivity contribution in [2.75, 3.05) is 11.9 Å². The number of rotatable bonds is 4. The van der Waals surface area contributed by atoms with Gasteiger partial charge in [-0.05, 0) is 55.0 Å². The second-order valence-corrected chi connectivity index (χ2v) is 8.18. The summed E-state index contributed by atoms with van der Waals surface area (Å²) in [6.07, 6.45) is 1.46. The lowest BCUT2D eigenvalue weighted by atomic mass is 10.1. The maximum Gasteiger partial charge on any atom is 0.265 e. The van der Waals surface area contributed by atoms with E-state index in [1.807, 2.05) is 37.3 Å². The fraction of sp³-hybridized carbons (Fsp3) is 0.227. The molecule has 1 saturated heterocycles. The average molecular weight is 407 g/mol. The quantitative estimate of drug-likeness (QED) is 0.619. The van der Waals surface area contributed by atoms with Crippen LogP contribution in [0.15, 0.2) is 48.5 Å². The topological polar surface area (TPSA) is 87.3 Å². The molecular formula is C22H21N3O3S. The van der Waals surface area contributed by atoms with E-state index in [4.69, 9.17) is 0 Å². The Morgan fingerprint density at radius 2 is 1.93 bits per heavy atom. The molecule has 7 heteroatoms. The summed E-state index contributed by atoms with van der Waals surface area (Å²) in [5, 5.41) is 9.46. The second kappa shape index (κ2) is 8.05. The van der Waals surface area contributed by atoms with Crippen molar-refractivity contribution in [1.82, 2.24) is 10.6 Å². The zero-order valence-electron chi connectivity index (χ0n) is 16.0. The molecule has 2 heterocycles. The van der Waals surface area contributed by atoms with Crippen LogP contribution < -0.4 is 16.0 Å². The minimum atomic E-state index is -0.519. The number of hydrogen-bond donors (Lipinski definition) is 3. The third kappa shape index (κ3) is 4.14. The van der Waals surface area contributed by atoms with Gasteiger partial charge in [-0.3, -0.25) is 14.4 Å². The predicted molar refractivity (Wildman–Crippen MR) is 114 cm³/mol. The van der Waals surface area contributed by atoms with E-state index in [1.54, 1.807) is 18.2 Å². The van der Waals surface area contributed by atoms with Gasteiger partial charge in [-0.15, -0.1) is 11.3 Å². The summed E-state index contributed by atoms with van der Waals surface area (Å²) in [5.74, 6) is -0.696. The molecule has 4 rings (SSSR count). The molecule has 0 aliphatic carbocycles. The third-order valence-electron chi connectivity index (χ3n) is 4.99. The summed E-state index contributed by atoms with van der Waals surface area (Å²) in [6.45, 7) is 2.51. The largest absolute Gasteiger partial charge is 0.354 e. The molecule has 1 fully saturated rings. The van der Waals surface area contributed by atoms with Crippen molar-refractivity contribution in [3.63, 3.8) is 0 Å². The highest BCUT2D eigenvalue weighted by molar-refractivity contribution is 7.20. The van der Waals surface area contributed by atoms with Crippen LogP contribution in [0.3, 0.4) is 0 Å². The van der Waals surface area contributed by atoms with Crippen LogP contribution in [0.4, 0.5) is 5.69 Å². The lowest BCUT2D eigenvalue weighted by molar-refractivity contribution is -0.124. The minimum absolute atomic E-state index is 0.157. The van der Waals surface area contributed by atoms with Gasteiger partial charge in [-0.1, -0.05) is 24.3 Å². The molecule has 148 valence electrons. The van der Waals surface area contributed by atoms with Gasteiger partial charge < -0.3 is 16.0 Å². The van der Waals surface area contributed by atoms with E-state index in [-0.39, 0.29) is 17.7 Å². The molecule has 1 aliphatic rings. The first kappa shape index (κ1) is 19.1. The fourth-order valence-electron chi connectivity index (χ4n) is 3.33. The first-order valence-electron chi connectivity index (χ1n) is 9.50. The van der Waals surface area contributed by atoms with Gasteiger partial charge in [0.2, 0.25) is 5.91 Å². The molecule has 1 aromatic heterocycles. The van der Waals surface area contributed by atoms with Crippen molar-refractivity contribution in [2.24, 2.45) is 0 Å². The molecule has 1 unspecified atom stereocenters. The van der Waals surface area contributed by atoms with Crippen LogP contribution in [0.5, 0.6) is 0 Å². The van der Waals surface area contributed by atoms with E-state index in [0.29, 0.717) is 29.1 Å². The number of thiophene rings is 1. The number of carbonyl (C=O) groups excluding carboxylic acids is 3. The Balaban J connectivity index is 1.51. The van der Waals surface area contributed by atoms with Gasteiger partial charge in [0, 0.05) is 22.5 Å². The van der Waals surface area contributed by atoms with Gasteiger partial charge in [0.25, 0.3) is 11.8 Å². The number of piperidine rings is 1. The van der Waals surface area contributed by atoms with Crippen molar-refractivity contribution in [3.05, 3.63) is 64.5 Å². The number of carbonyl (C=O) groups is 3. The molecule has 6 nitrogen and oxygen atoms in total. The number of fused-ring (bicyclic) bond motifs is 1. The van der Waals surface area contributed by atoms with Gasteiger partial charge >= 0.3 is 0 Å². The van der Waals surface area contributed by atoms with Crippen molar-refractivity contribution < 1.29 is 14.4 Å². The predicted octanol–water partition coefficient (Wildman–Crippen LogP) is 3.47. The minimum Gasteiger partial charge on any atom is -0.354 e. The van der Waals surface area contributed by atoms with Gasteiger partial charge in [0.1, 0.15) is 6.04 Å². The third-order valence-corrected chi connectivity index (χ3v) is 6.10. The SMILES string of the molecule is Cc1ccc(C(=O)NC2CCCNC2=O)cc1NC(=O)c1cc2ccccc2s1. The van der Waals surface area contributed by atoms with Crippen molar-refractivity contribution in [1.29, 1.82) is 0 Å². The molecule has 29 heavy (non-hydrogen) atoms. The summed E-state index contributed by atoms with van der Waals surface area (Å²) in [6, 6.07) is 14.3.